The molecule has 1 rings (SSSR count). The lowest BCUT2D eigenvalue weighted by Crippen LogP contribution is -2.52. The van der Waals surface area contributed by atoms with Crippen molar-refractivity contribution in [1.29, 1.82) is 0 Å². The van der Waals surface area contributed by atoms with Crippen LogP contribution in [-0.2, 0) is 14.3 Å². The molecule has 1 heterocycles. The third kappa shape index (κ3) is 3.20. The summed E-state index contributed by atoms with van der Waals surface area (Å²) in [6.45, 7) is 3.79. The van der Waals surface area contributed by atoms with E-state index in [0.29, 0.717) is 5.92 Å². The van der Waals surface area contributed by atoms with Gasteiger partial charge in [0.15, 0.2) is 0 Å². The Kier molecular flexibility index (Phi) is 4.55. The van der Waals surface area contributed by atoms with E-state index in [-0.39, 0.29) is 6.04 Å². The summed E-state index contributed by atoms with van der Waals surface area (Å²) in [5.74, 6) is -1.03. The number of piperidine rings is 1. The van der Waals surface area contributed by atoms with E-state index in [2.05, 4.69) is 22.3 Å². The van der Waals surface area contributed by atoms with Crippen LogP contribution in [0.1, 0.15) is 19.8 Å². The van der Waals surface area contributed by atoms with Gasteiger partial charge < -0.3 is 15.4 Å². The van der Waals surface area contributed by atoms with Gasteiger partial charge in [-0.15, -0.1) is 0 Å². The molecule has 2 unspecified atom stereocenters. The molecule has 5 nitrogen and oxygen atoms in total. The Labute approximate surface area is 89.6 Å². The van der Waals surface area contributed by atoms with Crippen molar-refractivity contribution in [2.24, 2.45) is 5.92 Å². The van der Waals surface area contributed by atoms with Crippen LogP contribution in [0.2, 0.25) is 0 Å². The first kappa shape index (κ1) is 12.0. The van der Waals surface area contributed by atoms with Crippen molar-refractivity contribution in [1.82, 2.24) is 10.6 Å². The first-order valence-corrected chi connectivity index (χ1v) is 5.28. The zero-order chi connectivity index (χ0) is 11.3. The van der Waals surface area contributed by atoms with E-state index < -0.39 is 11.9 Å². The molecule has 1 saturated heterocycles. The second kappa shape index (κ2) is 5.70. The van der Waals surface area contributed by atoms with Gasteiger partial charge in [-0.2, -0.15) is 0 Å². The zero-order valence-corrected chi connectivity index (χ0v) is 9.21. The van der Waals surface area contributed by atoms with Crippen molar-refractivity contribution in [3.05, 3.63) is 0 Å². The lowest BCUT2D eigenvalue weighted by Gasteiger charge is -2.31. The van der Waals surface area contributed by atoms with Gasteiger partial charge in [0.05, 0.1) is 7.11 Å². The van der Waals surface area contributed by atoms with Gasteiger partial charge in [-0.3, -0.25) is 4.79 Å². The highest BCUT2D eigenvalue weighted by Gasteiger charge is 2.27. The number of hydrogen-bond acceptors (Lipinski definition) is 4. The third-order valence-electron chi connectivity index (χ3n) is 2.84. The van der Waals surface area contributed by atoms with E-state index in [1.54, 1.807) is 0 Å². The van der Waals surface area contributed by atoms with Crippen LogP contribution in [0.4, 0.5) is 0 Å². The van der Waals surface area contributed by atoms with Crippen LogP contribution in [0.15, 0.2) is 0 Å². The van der Waals surface area contributed by atoms with Crippen LogP contribution in [-0.4, -0.2) is 38.1 Å². The number of amides is 1. The van der Waals surface area contributed by atoms with E-state index in [9.17, 15) is 9.59 Å². The molecule has 2 atom stereocenters. The first-order chi connectivity index (χ1) is 7.19. The summed E-state index contributed by atoms with van der Waals surface area (Å²) in [7, 11) is 1.21. The van der Waals surface area contributed by atoms with Crippen LogP contribution < -0.4 is 10.6 Å². The maximum absolute atomic E-state index is 11.3. The smallest absolute Gasteiger partial charge is 0.396 e. The Balaban J connectivity index is 2.47. The molecule has 0 saturated carbocycles. The molecular weight excluding hydrogens is 196 g/mol. The lowest BCUT2D eigenvalue weighted by atomic mass is 9.90. The molecule has 2 N–H and O–H groups in total. The topological polar surface area (TPSA) is 67.4 Å². The maximum atomic E-state index is 11.3. The largest absolute Gasteiger partial charge is 0.462 e. The SMILES string of the molecule is CCC1CCNCC1NC(=O)C(=O)OC. The van der Waals surface area contributed by atoms with Gasteiger partial charge in [0.1, 0.15) is 0 Å². The van der Waals surface area contributed by atoms with Crippen LogP contribution in [0.5, 0.6) is 0 Å². The molecule has 0 spiro atoms. The number of carbonyl (C=O) groups is 2. The molecule has 86 valence electrons. The fourth-order valence-corrected chi connectivity index (χ4v) is 1.89. The quantitative estimate of drug-likeness (QED) is 0.487. The molecule has 1 aliphatic rings. The first-order valence-electron chi connectivity index (χ1n) is 5.28. The number of hydrogen-bond donors (Lipinski definition) is 2. The van der Waals surface area contributed by atoms with Gasteiger partial charge in [0.25, 0.3) is 0 Å². The highest BCUT2D eigenvalue weighted by Crippen LogP contribution is 2.15. The number of rotatable bonds is 2. The predicted octanol–water partition coefficient (Wildman–Crippen LogP) is -0.336. The molecule has 1 fully saturated rings. The molecule has 0 aromatic rings. The van der Waals surface area contributed by atoms with E-state index in [1.165, 1.54) is 7.11 Å². The summed E-state index contributed by atoms with van der Waals surface area (Å²) in [6, 6.07) is 0.0374. The average molecular weight is 214 g/mol. The molecule has 0 bridgehead atoms. The fraction of sp³-hybridized carbons (Fsp3) is 0.800. The van der Waals surface area contributed by atoms with Crippen molar-refractivity contribution in [2.45, 2.75) is 25.8 Å². The number of esters is 1. The van der Waals surface area contributed by atoms with Gasteiger partial charge in [-0.05, 0) is 18.9 Å². The van der Waals surface area contributed by atoms with Gasteiger partial charge in [-0.25, -0.2) is 4.79 Å². The second-order valence-electron chi connectivity index (χ2n) is 3.73. The number of ether oxygens (including phenoxy) is 1. The molecule has 0 aromatic carbocycles. The van der Waals surface area contributed by atoms with Crippen LogP contribution >= 0.6 is 0 Å². The molecule has 1 aliphatic heterocycles. The second-order valence-corrected chi connectivity index (χ2v) is 3.73. The Hall–Kier alpha value is -1.10. The van der Waals surface area contributed by atoms with E-state index in [0.717, 1.165) is 25.9 Å². The number of nitrogens with one attached hydrogen (secondary N) is 2. The Morgan fingerprint density at radius 1 is 1.53 bits per heavy atom. The summed E-state index contributed by atoms with van der Waals surface area (Å²) in [4.78, 5) is 22.2. The molecule has 0 aliphatic carbocycles. The standard InChI is InChI=1S/C10H18N2O3/c1-3-7-4-5-11-6-8(7)12-9(13)10(14)15-2/h7-8,11H,3-6H2,1-2H3,(H,12,13). The lowest BCUT2D eigenvalue weighted by molar-refractivity contribution is -0.153. The molecule has 0 aromatic heterocycles. The number of carbonyl (C=O) groups excluding carboxylic acids is 2. The van der Waals surface area contributed by atoms with Crippen LogP contribution in [0.3, 0.4) is 0 Å². The fourth-order valence-electron chi connectivity index (χ4n) is 1.89. The summed E-state index contributed by atoms with van der Waals surface area (Å²) in [5.41, 5.74) is 0. The molecule has 15 heavy (non-hydrogen) atoms. The Bertz CT molecular complexity index is 243. The van der Waals surface area contributed by atoms with Crippen molar-refractivity contribution >= 4 is 11.9 Å². The minimum absolute atomic E-state index is 0.0374. The van der Waals surface area contributed by atoms with Gasteiger partial charge in [0.2, 0.25) is 0 Å². The molecule has 1 amide bonds. The van der Waals surface area contributed by atoms with Crippen LogP contribution in [0.25, 0.3) is 0 Å². The zero-order valence-electron chi connectivity index (χ0n) is 9.21. The van der Waals surface area contributed by atoms with Crippen molar-refractivity contribution in [3.8, 4) is 0 Å². The van der Waals surface area contributed by atoms with Crippen LogP contribution in [0, 0.1) is 5.92 Å². The summed E-state index contributed by atoms with van der Waals surface area (Å²) in [6.07, 6.45) is 2.04. The van der Waals surface area contributed by atoms with Gasteiger partial charge >= 0.3 is 11.9 Å². The van der Waals surface area contributed by atoms with Crippen molar-refractivity contribution < 1.29 is 14.3 Å². The Morgan fingerprint density at radius 2 is 2.27 bits per heavy atom. The normalized spacial score (nSPS) is 25.7. The monoisotopic (exact) mass is 214 g/mol. The Morgan fingerprint density at radius 3 is 2.87 bits per heavy atom. The van der Waals surface area contributed by atoms with E-state index in [4.69, 9.17) is 0 Å². The van der Waals surface area contributed by atoms with Gasteiger partial charge in [0, 0.05) is 12.6 Å². The minimum Gasteiger partial charge on any atom is -0.462 e. The third-order valence-corrected chi connectivity index (χ3v) is 2.84. The molecule has 5 heteroatoms. The summed E-state index contributed by atoms with van der Waals surface area (Å²) >= 11 is 0. The minimum atomic E-state index is -0.824. The predicted molar refractivity (Wildman–Crippen MR) is 55.2 cm³/mol. The summed E-state index contributed by atoms with van der Waals surface area (Å²) < 4.78 is 4.35. The highest BCUT2D eigenvalue weighted by molar-refractivity contribution is 6.32. The molecular formula is C10H18N2O3. The average Bonchev–Trinajstić information content (AvgIpc) is 2.28. The van der Waals surface area contributed by atoms with Crippen molar-refractivity contribution in [2.75, 3.05) is 20.2 Å². The summed E-state index contributed by atoms with van der Waals surface area (Å²) in [5, 5.41) is 5.89. The maximum Gasteiger partial charge on any atom is 0.396 e. The van der Waals surface area contributed by atoms with E-state index in [1.807, 2.05) is 0 Å². The van der Waals surface area contributed by atoms with E-state index >= 15 is 0 Å². The molecule has 0 radical (unpaired) electrons. The van der Waals surface area contributed by atoms with Crippen molar-refractivity contribution in [3.63, 3.8) is 0 Å². The number of methoxy groups -OCH3 is 1. The van der Waals surface area contributed by atoms with Gasteiger partial charge in [-0.1, -0.05) is 13.3 Å². The highest BCUT2D eigenvalue weighted by atomic mass is 16.5.